The predicted molar refractivity (Wildman–Crippen MR) is 76.7 cm³/mol. The molecular weight excluding hydrogens is 245 g/mol. The van der Waals surface area contributed by atoms with E-state index in [1.807, 2.05) is 13.0 Å². The molecule has 2 rings (SSSR count). The Morgan fingerprint density at radius 1 is 1.11 bits per heavy atom. The van der Waals surface area contributed by atoms with Crippen LogP contribution in [0.15, 0.2) is 47.4 Å². The molecule has 0 saturated carbocycles. The van der Waals surface area contributed by atoms with Gasteiger partial charge in [-0.25, -0.2) is 4.39 Å². The first kappa shape index (κ1) is 13.0. The monoisotopic (exact) mass is 261 g/mol. The molecule has 0 spiro atoms. The summed E-state index contributed by atoms with van der Waals surface area (Å²) in [6, 6.07) is 13.4. The van der Waals surface area contributed by atoms with Crippen LogP contribution in [0.4, 0.5) is 10.1 Å². The Kier molecular flexibility index (Phi) is 4.26. The molecule has 0 atom stereocenters. The van der Waals surface area contributed by atoms with E-state index in [4.69, 9.17) is 0 Å². The van der Waals surface area contributed by atoms with Gasteiger partial charge in [0.1, 0.15) is 5.82 Å². The van der Waals surface area contributed by atoms with Gasteiger partial charge in [-0.1, -0.05) is 18.2 Å². The summed E-state index contributed by atoms with van der Waals surface area (Å²) in [4.78, 5) is 1.24. The Balaban J connectivity index is 2.04. The SMILES string of the molecule is CSc1ccc(CNc2cc(C)ccc2F)cc1. The topological polar surface area (TPSA) is 12.0 Å². The smallest absolute Gasteiger partial charge is 0.146 e. The lowest BCUT2D eigenvalue weighted by molar-refractivity contribution is 0.629. The molecule has 0 aliphatic rings. The number of hydrogen-bond donors (Lipinski definition) is 1. The number of thioether (sulfide) groups is 1. The third kappa shape index (κ3) is 3.26. The van der Waals surface area contributed by atoms with Gasteiger partial charge in [0.2, 0.25) is 0 Å². The van der Waals surface area contributed by atoms with Crippen molar-refractivity contribution in [2.24, 2.45) is 0 Å². The molecule has 3 heteroatoms. The second kappa shape index (κ2) is 5.91. The molecule has 0 bridgehead atoms. The first-order chi connectivity index (χ1) is 8.69. The largest absolute Gasteiger partial charge is 0.379 e. The molecular formula is C15H16FNS. The highest BCUT2D eigenvalue weighted by Gasteiger charge is 2.01. The van der Waals surface area contributed by atoms with E-state index in [1.165, 1.54) is 11.0 Å². The third-order valence-electron chi connectivity index (χ3n) is 2.76. The Hall–Kier alpha value is -1.48. The number of aryl methyl sites for hydroxylation is 1. The Bertz CT molecular complexity index is 523. The summed E-state index contributed by atoms with van der Waals surface area (Å²) in [5, 5.41) is 3.13. The molecule has 0 saturated heterocycles. The third-order valence-corrected chi connectivity index (χ3v) is 3.51. The van der Waals surface area contributed by atoms with E-state index in [1.54, 1.807) is 17.8 Å². The summed E-state index contributed by atoms with van der Waals surface area (Å²) in [7, 11) is 0. The quantitative estimate of drug-likeness (QED) is 0.815. The van der Waals surface area contributed by atoms with Crippen molar-refractivity contribution in [1.82, 2.24) is 0 Å². The number of hydrogen-bond acceptors (Lipinski definition) is 2. The molecule has 0 unspecified atom stereocenters. The first-order valence-corrected chi connectivity index (χ1v) is 7.04. The van der Waals surface area contributed by atoms with Crippen LogP contribution in [0.2, 0.25) is 0 Å². The van der Waals surface area contributed by atoms with E-state index < -0.39 is 0 Å². The molecule has 0 heterocycles. The lowest BCUT2D eigenvalue weighted by Gasteiger charge is -2.09. The van der Waals surface area contributed by atoms with Gasteiger partial charge >= 0.3 is 0 Å². The Morgan fingerprint density at radius 3 is 2.50 bits per heavy atom. The molecule has 0 fully saturated rings. The minimum Gasteiger partial charge on any atom is -0.379 e. The number of benzene rings is 2. The molecule has 0 aliphatic carbocycles. The van der Waals surface area contributed by atoms with E-state index in [2.05, 4.69) is 35.8 Å². The molecule has 0 amide bonds. The van der Waals surface area contributed by atoms with Crippen LogP contribution in [0.1, 0.15) is 11.1 Å². The van der Waals surface area contributed by atoms with E-state index in [9.17, 15) is 4.39 Å². The van der Waals surface area contributed by atoms with Crippen molar-refractivity contribution in [2.45, 2.75) is 18.4 Å². The number of halogens is 1. The molecule has 2 aromatic carbocycles. The summed E-state index contributed by atoms with van der Waals surface area (Å²) in [5.41, 5.74) is 2.76. The molecule has 0 aromatic heterocycles. The highest BCUT2D eigenvalue weighted by atomic mass is 32.2. The molecule has 2 aromatic rings. The van der Waals surface area contributed by atoms with Crippen molar-refractivity contribution < 1.29 is 4.39 Å². The van der Waals surface area contributed by atoms with Crippen molar-refractivity contribution in [3.63, 3.8) is 0 Å². The molecule has 1 nitrogen and oxygen atoms in total. The minimum absolute atomic E-state index is 0.207. The number of rotatable bonds is 4. The van der Waals surface area contributed by atoms with Crippen LogP contribution >= 0.6 is 11.8 Å². The number of nitrogens with one attached hydrogen (secondary N) is 1. The van der Waals surface area contributed by atoms with Gasteiger partial charge in [0.05, 0.1) is 5.69 Å². The van der Waals surface area contributed by atoms with Gasteiger partial charge in [-0.2, -0.15) is 0 Å². The predicted octanol–water partition coefficient (Wildman–Crippen LogP) is 4.47. The van der Waals surface area contributed by atoms with E-state index >= 15 is 0 Å². The van der Waals surface area contributed by atoms with Gasteiger partial charge in [0.25, 0.3) is 0 Å². The Morgan fingerprint density at radius 2 is 1.83 bits per heavy atom. The van der Waals surface area contributed by atoms with Gasteiger partial charge in [-0.05, 0) is 48.6 Å². The van der Waals surface area contributed by atoms with Gasteiger partial charge in [0.15, 0.2) is 0 Å². The summed E-state index contributed by atoms with van der Waals surface area (Å²) in [5.74, 6) is -0.207. The minimum atomic E-state index is -0.207. The van der Waals surface area contributed by atoms with Crippen LogP contribution in [0, 0.1) is 12.7 Å². The summed E-state index contributed by atoms with van der Waals surface area (Å²) in [6.45, 7) is 2.59. The average Bonchev–Trinajstić information content (AvgIpc) is 2.40. The molecule has 0 radical (unpaired) electrons. The highest BCUT2D eigenvalue weighted by Crippen LogP contribution is 2.18. The fraction of sp³-hybridized carbons (Fsp3) is 0.200. The zero-order valence-electron chi connectivity index (χ0n) is 10.5. The molecule has 0 aliphatic heterocycles. The lowest BCUT2D eigenvalue weighted by atomic mass is 10.2. The maximum absolute atomic E-state index is 13.5. The van der Waals surface area contributed by atoms with Crippen molar-refractivity contribution in [2.75, 3.05) is 11.6 Å². The molecule has 18 heavy (non-hydrogen) atoms. The fourth-order valence-electron chi connectivity index (χ4n) is 1.72. The Labute approximate surface area is 111 Å². The zero-order chi connectivity index (χ0) is 13.0. The van der Waals surface area contributed by atoms with E-state index in [0.29, 0.717) is 12.2 Å². The lowest BCUT2D eigenvalue weighted by Crippen LogP contribution is -2.01. The van der Waals surface area contributed by atoms with Gasteiger partial charge in [-0.15, -0.1) is 11.8 Å². The van der Waals surface area contributed by atoms with Crippen molar-refractivity contribution >= 4 is 17.4 Å². The molecule has 94 valence electrons. The van der Waals surface area contributed by atoms with Crippen LogP contribution in [0.25, 0.3) is 0 Å². The van der Waals surface area contributed by atoms with Crippen LogP contribution in [0.3, 0.4) is 0 Å². The van der Waals surface area contributed by atoms with Crippen LogP contribution in [-0.2, 0) is 6.54 Å². The average molecular weight is 261 g/mol. The van der Waals surface area contributed by atoms with E-state index in [0.717, 1.165) is 11.1 Å². The van der Waals surface area contributed by atoms with Gasteiger partial charge in [-0.3, -0.25) is 0 Å². The number of anilines is 1. The maximum Gasteiger partial charge on any atom is 0.146 e. The fourth-order valence-corrected chi connectivity index (χ4v) is 2.12. The normalized spacial score (nSPS) is 10.4. The van der Waals surface area contributed by atoms with Crippen molar-refractivity contribution in [3.05, 3.63) is 59.4 Å². The zero-order valence-corrected chi connectivity index (χ0v) is 11.4. The second-order valence-corrected chi connectivity index (χ2v) is 5.06. The van der Waals surface area contributed by atoms with Crippen LogP contribution in [-0.4, -0.2) is 6.26 Å². The van der Waals surface area contributed by atoms with Crippen molar-refractivity contribution in [3.8, 4) is 0 Å². The summed E-state index contributed by atoms with van der Waals surface area (Å²) in [6.07, 6.45) is 2.05. The van der Waals surface area contributed by atoms with E-state index in [-0.39, 0.29) is 5.82 Å². The molecule has 1 N–H and O–H groups in total. The summed E-state index contributed by atoms with van der Waals surface area (Å²) < 4.78 is 13.5. The van der Waals surface area contributed by atoms with Crippen molar-refractivity contribution in [1.29, 1.82) is 0 Å². The van der Waals surface area contributed by atoms with Gasteiger partial charge < -0.3 is 5.32 Å². The van der Waals surface area contributed by atoms with Gasteiger partial charge in [0, 0.05) is 11.4 Å². The standard InChI is InChI=1S/C15H16FNS/c1-11-3-8-14(16)15(9-11)17-10-12-4-6-13(18-2)7-5-12/h3-9,17H,10H2,1-2H3. The van der Waals surface area contributed by atoms with Crippen LogP contribution in [0.5, 0.6) is 0 Å². The second-order valence-electron chi connectivity index (χ2n) is 4.18. The first-order valence-electron chi connectivity index (χ1n) is 5.82. The highest BCUT2D eigenvalue weighted by molar-refractivity contribution is 7.98. The maximum atomic E-state index is 13.5. The van der Waals surface area contributed by atoms with Crippen LogP contribution < -0.4 is 5.32 Å². The summed E-state index contributed by atoms with van der Waals surface area (Å²) >= 11 is 1.72.